The quantitative estimate of drug-likeness (QED) is 0.440. The average molecular weight is 470 g/mol. The molecule has 0 unspecified atom stereocenters. The molecule has 0 amide bonds. The smallest absolute Gasteiger partial charge is 0.228 e. The van der Waals surface area contributed by atoms with E-state index in [9.17, 15) is 0 Å². The maximum atomic E-state index is 5.75. The van der Waals surface area contributed by atoms with E-state index in [1.54, 1.807) is 7.05 Å². The summed E-state index contributed by atoms with van der Waals surface area (Å²) in [6.45, 7) is 7.17. The summed E-state index contributed by atoms with van der Waals surface area (Å²) in [5.41, 5.74) is 9.99. The second-order valence-electron chi connectivity index (χ2n) is 8.17. The van der Waals surface area contributed by atoms with E-state index < -0.39 is 0 Å². The molecule has 1 fully saturated rings. The number of nitrogens with two attached hydrogens (primary N) is 1. The Labute approximate surface area is 206 Å². The number of aliphatic imine (C=N–C) groups is 3. The molecule has 1 aromatic heterocycles. The summed E-state index contributed by atoms with van der Waals surface area (Å²) >= 11 is 0. The van der Waals surface area contributed by atoms with Gasteiger partial charge in [0.2, 0.25) is 17.9 Å². The molecule has 1 aliphatic heterocycles. The predicted molar refractivity (Wildman–Crippen MR) is 143 cm³/mol. The largest absolute Gasteiger partial charge is 0.337 e. The Kier molecular flexibility index (Phi) is 8.13. The highest BCUT2D eigenvalue weighted by atomic mass is 15.4. The van der Waals surface area contributed by atoms with Crippen molar-refractivity contribution in [1.29, 1.82) is 0 Å². The number of benzene rings is 2. The maximum Gasteiger partial charge on any atom is 0.228 e. The first-order valence-electron chi connectivity index (χ1n) is 11.6. The molecule has 0 radical (unpaired) electrons. The lowest BCUT2D eigenvalue weighted by molar-refractivity contribution is 0.380. The highest BCUT2D eigenvalue weighted by Crippen LogP contribution is 2.15. The van der Waals surface area contributed by atoms with Crippen LogP contribution in [-0.4, -0.2) is 66.7 Å². The van der Waals surface area contributed by atoms with Gasteiger partial charge < -0.3 is 20.9 Å². The molecule has 0 aliphatic carbocycles. The standard InChI is InChI=1S/C26H31N9/c1-28-24(32-23-10-6-9-21(16-23)17-27)33-25(29-2)34-11-13-35(14-12-34)26-30-18-22(19-31-26)15-20-7-4-3-5-8-20/h3-10,16,18-19H,2,11-15,17,27H2,1H3,(H,28,32). The lowest BCUT2D eigenvalue weighted by Crippen LogP contribution is -2.49. The predicted octanol–water partition coefficient (Wildman–Crippen LogP) is 2.80. The van der Waals surface area contributed by atoms with Gasteiger partial charge in [-0.15, -0.1) is 0 Å². The van der Waals surface area contributed by atoms with Crippen molar-refractivity contribution in [3.8, 4) is 0 Å². The topological polar surface area (TPSA) is 107 Å². The summed E-state index contributed by atoms with van der Waals surface area (Å²) in [5, 5.41) is 3.23. The first-order valence-corrected chi connectivity index (χ1v) is 11.6. The van der Waals surface area contributed by atoms with Gasteiger partial charge in [-0.2, -0.15) is 4.99 Å². The van der Waals surface area contributed by atoms with Crippen LogP contribution in [-0.2, 0) is 13.0 Å². The molecule has 9 heteroatoms. The van der Waals surface area contributed by atoms with Gasteiger partial charge in [0.1, 0.15) is 0 Å². The first-order chi connectivity index (χ1) is 17.2. The first kappa shape index (κ1) is 24.0. The molecule has 2 heterocycles. The fraction of sp³-hybridized carbons (Fsp3) is 0.269. The molecule has 35 heavy (non-hydrogen) atoms. The van der Waals surface area contributed by atoms with Gasteiger partial charge in [-0.25, -0.2) is 15.0 Å². The Morgan fingerprint density at radius 1 is 0.971 bits per heavy atom. The minimum absolute atomic E-state index is 0.460. The van der Waals surface area contributed by atoms with Gasteiger partial charge in [0.05, 0.1) is 0 Å². The molecule has 1 aliphatic rings. The summed E-state index contributed by atoms with van der Waals surface area (Å²) in [6, 6.07) is 18.2. The highest BCUT2D eigenvalue weighted by molar-refractivity contribution is 6.03. The molecule has 0 spiro atoms. The number of rotatable bonds is 5. The zero-order chi connectivity index (χ0) is 24.5. The average Bonchev–Trinajstić information content (AvgIpc) is 2.92. The number of aromatic nitrogens is 2. The van der Waals surface area contributed by atoms with E-state index in [1.807, 2.05) is 54.9 Å². The summed E-state index contributed by atoms with van der Waals surface area (Å²) in [5.74, 6) is 1.73. The van der Waals surface area contributed by atoms with Gasteiger partial charge in [0, 0.05) is 64.3 Å². The second kappa shape index (κ2) is 11.8. The molecule has 4 rings (SSSR count). The van der Waals surface area contributed by atoms with E-state index in [2.05, 4.69) is 58.9 Å². The number of nitrogens with one attached hydrogen (secondary N) is 1. The monoisotopic (exact) mass is 469 g/mol. The second-order valence-corrected chi connectivity index (χ2v) is 8.17. The molecular formula is C26H31N9. The van der Waals surface area contributed by atoms with Crippen molar-refractivity contribution in [2.75, 3.05) is 43.4 Å². The Balaban J connectivity index is 1.35. The third-order valence-corrected chi connectivity index (χ3v) is 5.77. The van der Waals surface area contributed by atoms with Crippen molar-refractivity contribution >= 4 is 30.3 Å². The SMILES string of the molecule is C=NC(=NC(=NC)Nc1cccc(CN)c1)N1CCN(c2ncc(Cc3ccccc3)cn2)CC1. The van der Waals surface area contributed by atoms with Crippen LogP contribution in [0.3, 0.4) is 0 Å². The zero-order valence-electron chi connectivity index (χ0n) is 20.0. The van der Waals surface area contributed by atoms with Crippen LogP contribution in [0, 0.1) is 0 Å². The van der Waals surface area contributed by atoms with Crippen molar-refractivity contribution in [3.05, 3.63) is 83.7 Å². The Bertz CT molecular complexity index is 1160. The van der Waals surface area contributed by atoms with Gasteiger partial charge in [0.25, 0.3) is 0 Å². The van der Waals surface area contributed by atoms with E-state index >= 15 is 0 Å². The molecule has 180 valence electrons. The van der Waals surface area contributed by atoms with E-state index in [-0.39, 0.29) is 0 Å². The molecule has 9 nitrogen and oxygen atoms in total. The van der Waals surface area contributed by atoms with Gasteiger partial charge in [-0.1, -0.05) is 42.5 Å². The molecule has 0 saturated carbocycles. The Morgan fingerprint density at radius 3 is 2.34 bits per heavy atom. The summed E-state index contributed by atoms with van der Waals surface area (Å²) in [7, 11) is 1.69. The molecule has 0 atom stereocenters. The maximum absolute atomic E-state index is 5.75. The van der Waals surface area contributed by atoms with E-state index in [0.29, 0.717) is 18.5 Å². The third-order valence-electron chi connectivity index (χ3n) is 5.77. The van der Waals surface area contributed by atoms with E-state index in [0.717, 1.165) is 55.4 Å². The number of guanidine groups is 2. The van der Waals surface area contributed by atoms with Gasteiger partial charge in [-0.05, 0) is 35.5 Å². The minimum Gasteiger partial charge on any atom is -0.337 e. The highest BCUT2D eigenvalue weighted by Gasteiger charge is 2.21. The van der Waals surface area contributed by atoms with Crippen LogP contribution >= 0.6 is 0 Å². The van der Waals surface area contributed by atoms with Crippen LogP contribution in [0.1, 0.15) is 16.7 Å². The van der Waals surface area contributed by atoms with Gasteiger partial charge >= 0.3 is 0 Å². The van der Waals surface area contributed by atoms with Crippen molar-refractivity contribution in [3.63, 3.8) is 0 Å². The van der Waals surface area contributed by atoms with Crippen LogP contribution in [0.15, 0.2) is 82.0 Å². The fourth-order valence-corrected chi connectivity index (χ4v) is 3.88. The van der Waals surface area contributed by atoms with Crippen LogP contribution in [0.25, 0.3) is 0 Å². The van der Waals surface area contributed by atoms with Gasteiger partial charge in [-0.3, -0.25) is 4.99 Å². The zero-order valence-corrected chi connectivity index (χ0v) is 20.0. The number of piperazine rings is 1. The summed E-state index contributed by atoms with van der Waals surface area (Å²) in [6.07, 6.45) is 4.65. The van der Waals surface area contributed by atoms with Crippen molar-refractivity contribution < 1.29 is 0 Å². The van der Waals surface area contributed by atoms with E-state index in [4.69, 9.17) is 5.73 Å². The molecule has 2 aromatic carbocycles. The Hall–Kier alpha value is -4.11. The molecule has 1 saturated heterocycles. The normalized spacial score (nSPS) is 14.7. The fourth-order valence-electron chi connectivity index (χ4n) is 3.88. The lowest BCUT2D eigenvalue weighted by atomic mass is 10.1. The van der Waals surface area contributed by atoms with Gasteiger partial charge in [0.15, 0.2) is 0 Å². The molecular weight excluding hydrogens is 438 g/mol. The van der Waals surface area contributed by atoms with Crippen molar-refractivity contribution in [2.45, 2.75) is 13.0 Å². The summed E-state index contributed by atoms with van der Waals surface area (Å²) in [4.78, 5) is 26.5. The van der Waals surface area contributed by atoms with Crippen LogP contribution < -0.4 is 16.0 Å². The van der Waals surface area contributed by atoms with Crippen LogP contribution in [0.5, 0.6) is 0 Å². The third kappa shape index (κ3) is 6.48. The number of nitrogens with zero attached hydrogens (tertiary/aromatic N) is 7. The summed E-state index contributed by atoms with van der Waals surface area (Å²) < 4.78 is 0. The minimum atomic E-state index is 0.460. The molecule has 3 aromatic rings. The van der Waals surface area contributed by atoms with E-state index in [1.165, 1.54) is 5.56 Å². The Morgan fingerprint density at radius 2 is 1.69 bits per heavy atom. The number of hydrogen-bond acceptors (Lipinski definition) is 5. The van der Waals surface area contributed by atoms with Crippen molar-refractivity contribution in [1.82, 2.24) is 14.9 Å². The van der Waals surface area contributed by atoms with Crippen molar-refractivity contribution in [2.24, 2.45) is 20.7 Å². The molecule has 3 N–H and O–H groups in total. The van der Waals surface area contributed by atoms with Crippen LogP contribution in [0.2, 0.25) is 0 Å². The molecule has 0 bridgehead atoms. The van der Waals surface area contributed by atoms with Crippen LogP contribution in [0.4, 0.5) is 11.6 Å². The lowest BCUT2D eigenvalue weighted by Gasteiger charge is -2.35. The number of hydrogen-bond donors (Lipinski definition) is 2. The number of anilines is 2.